The maximum absolute atomic E-state index is 13.2. The second kappa shape index (κ2) is 11.2. The zero-order valence-electron chi connectivity index (χ0n) is 18.8. The van der Waals surface area contributed by atoms with Gasteiger partial charge in [0.25, 0.3) is 0 Å². The summed E-state index contributed by atoms with van der Waals surface area (Å²) in [7, 11) is 0. The van der Waals surface area contributed by atoms with Gasteiger partial charge in [-0.1, -0.05) is 43.8 Å². The summed E-state index contributed by atoms with van der Waals surface area (Å²) in [4.78, 5) is 12.4. The van der Waals surface area contributed by atoms with Gasteiger partial charge in [-0.2, -0.15) is 13.2 Å². The van der Waals surface area contributed by atoms with Crippen LogP contribution in [-0.2, 0) is 17.5 Å². The third kappa shape index (κ3) is 6.63. The number of halogens is 3. The average Bonchev–Trinajstić information content (AvgIpc) is 3.19. The number of benzene rings is 2. The number of nitrogens with one attached hydrogen (secondary N) is 1. The number of ether oxygens (including phenoxy) is 1. The minimum Gasteiger partial charge on any atom is -0.493 e. The zero-order chi connectivity index (χ0) is 24.7. The summed E-state index contributed by atoms with van der Waals surface area (Å²) in [6, 6.07) is 12.3. The number of rotatable bonds is 10. The van der Waals surface area contributed by atoms with E-state index in [0.29, 0.717) is 30.1 Å². The Labute approximate surface area is 200 Å². The van der Waals surface area contributed by atoms with Crippen LogP contribution in [-0.4, -0.2) is 33.0 Å². The van der Waals surface area contributed by atoms with Crippen molar-refractivity contribution in [1.82, 2.24) is 14.8 Å². The topological polar surface area (TPSA) is 69.0 Å². The van der Waals surface area contributed by atoms with Crippen LogP contribution in [0.3, 0.4) is 0 Å². The normalized spacial score (nSPS) is 11.5. The molecule has 0 atom stereocenters. The van der Waals surface area contributed by atoms with Crippen LogP contribution in [0.2, 0.25) is 0 Å². The number of anilines is 1. The van der Waals surface area contributed by atoms with Crippen LogP contribution in [0.5, 0.6) is 5.75 Å². The molecule has 180 valence electrons. The van der Waals surface area contributed by atoms with Crippen molar-refractivity contribution in [2.45, 2.75) is 31.7 Å². The lowest BCUT2D eigenvalue weighted by molar-refractivity contribution is -0.137. The number of carbonyl (C=O) groups is 1. The van der Waals surface area contributed by atoms with Gasteiger partial charge in [-0.15, -0.1) is 16.8 Å². The molecule has 6 nitrogen and oxygen atoms in total. The molecule has 0 aliphatic carbocycles. The highest BCUT2D eigenvalue weighted by molar-refractivity contribution is 7.99. The fraction of sp³-hybridized carbons (Fsp3) is 0.292. The third-order valence-corrected chi connectivity index (χ3v) is 5.53. The molecule has 0 saturated carbocycles. The third-order valence-electron chi connectivity index (χ3n) is 4.56. The first-order valence-electron chi connectivity index (χ1n) is 10.5. The molecule has 0 fully saturated rings. The second-order valence-electron chi connectivity index (χ2n) is 7.81. The van der Waals surface area contributed by atoms with E-state index in [1.807, 2.05) is 24.3 Å². The number of nitrogens with zero attached hydrogens (tertiary/aromatic N) is 3. The van der Waals surface area contributed by atoms with Crippen molar-refractivity contribution >= 4 is 23.4 Å². The van der Waals surface area contributed by atoms with Crippen LogP contribution in [0.4, 0.5) is 18.9 Å². The van der Waals surface area contributed by atoms with Gasteiger partial charge in [0.15, 0.2) is 11.0 Å². The zero-order valence-corrected chi connectivity index (χ0v) is 19.6. The number of alkyl halides is 3. The van der Waals surface area contributed by atoms with Crippen molar-refractivity contribution in [3.05, 3.63) is 66.7 Å². The molecule has 1 aromatic heterocycles. The summed E-state index contributed by atoms with van der Waals surface area (Å²) >= 11 is 1.08. The van der Waals surface area contributed by atoms with Crippen LogP contribution < -0.4 is 10.1 Å². The number of hydrogen-bond donors (Lipinski definition) is 1. The van der Waals surface area contributed by atoms with Crippen LogP contribution in [0, 0.1) is 5.92 Å². The molecule has 1 N–H and O–H groups in total. The van der Waals surface area contributed by atoms with E-state index in [1.54, 1.807) is 10.6 Å². The molecule has 3 aromatic rings. The smallest absolute Gasteiger partial charge is 0.418 e. The predicted molar refractivity (Wildman–Crippen MR) is 127 cm³/mol. The molecule has 2 aromatic carbocycles. The Morgan fingerprint density at radius 1 is 1.18 bits per heavy atom. The number of thioether (sulfide) groups is 1. The van der Waals surface area contributed by atoms with Crippen LogP contribution in [0.15, 0.2) is 66.3 Å². The highest BCUT2D eigenvalue weighted by Gasteiger charge is 2.33. The summed E-state index contributed by atoms with van der Waals surface area (Å²) in [5.41, 5.74) is -0.374. The molecule has 0 spiro atoms. The Kier molecular flexibility index (Phi) is 8.38. The molecule has 0 unspecified atom stereocenters. The van der Waals surface area contributed by atoms with Crippen molar-refractivity contribution in [3.8, 4) is 17.1 Å². The van der Waals surface area contributed by atoms with Gasteiger partial charge >= 0.3 is 6.18 Å². The number of hydrogen-bond acceptors (Lipinski definition) is 5. The van der Waals surface area contributed by atoms with Gasteiger partial charge in [0.1, 0.15) is 5.75 Å². The Morgan fingerprint density at radius 2 is 1.88 bits per heavy atom. The standard InChI is InChI=1S/C24H25F3N4O2S/c1-4-13-31-22(17-9-11-18(12-10-17)33-14-16(2)3)29-30-23(31)34-15-21(32)28-20-8-6-5-7-19(20)24(25,26)27/h4-12,16H,1,13-15H2,2-3H3,(H,28,32). The lowest BCUT2D eigenvalue weighted by Gasteiger charge is -2.13. The molecule has 0 saturated heterocycles. The molecule has 0 aliphatic rings. The van der Waals surface area contributed by atoms with E-state index in [4.69, 9.17) is 4.74 Å². The lowest BCUT2D eigenvalue weighted by atomic mass is 10.1. The first kappa shape index (κ1) is 25.4. The van der Waals surface area contributed by atoms with E-state index in [0.717, 1.165) is 29.1 Å². The van der Waals surface area contributed by atoms with Crippen molar-refractivity contribution in [2.24, 2.45) is 5.92 Å². The highest BCUT2D eigenvalue weighted by atomic mass is 32.2. The fourth-order valence-electron chi connectivity index (χ4n) is 3.02. The number of para-hydroxylation sites is 1. The molecule has 1 amide bonds. The average molecular weight is 491 g/mol. The van der Waals surface area contributed by atoms with E-state index < -0.39 is 17.6 Å². The highest BCUT2D eigenvalue weighted by Crippen LogP contribution is 2.34. The minimum absolute atomic E-state index is 0.135. The van der Waals surface area contributed by atoms with E-state index >= 15 is 0 Å². The molecule has 10 heteroatoms. The van der Waals surface area contributed by atoms with Crippen LogP contribution >= 0.6 is 11.8 Å². The molecule has 34 heavy (non-hydrogen) atoms. The quantitative estimate of drug-likeness (QED) is 0.282. The monoisotopic (exact) mass is 490 g/mol. The van der Waals surface area contributed by atoms with Crippen LogP contribution in [0.1, 0.15) is 19.4 Å². The Balaban J connectivity index is 1.71. The Morgan fingerprint density at radius 3 is 2.53 bits per heavy atom. The minimum atomic E-state index is -4.56. The maximum Gasteiger partial charge on any atom is 0.418 e. The summed E-state index contributed by atoms with van der Waals surface area (Å²) in [5.74, 6) is 1.03. The number of amides is 1. The van der Waals surface area contributed by atoms with Gasteiger partial charge in [0.2, 0.25) is 5.91 Å². The summed E-state index contributed by atoms with van der Waals surface area (Å²) in [5, 5.41) is 11.2. The summed E-state index contributed by atoms with van der Waals surface area (Å²) < 4.78 is 47.0. The van der Waals surface area contributed by atoms with Gasteiger partial charge in [0, 0.05) is 12.1 Å². The lowest BCUT2D eigenvalue weighted by Crippen LogP contribution is -2.18. The van der Waals surface area contributed by atoms with Crippen molar-refractivity contribution in [1.29, 1.82) is 0 Å². The molecule has 0 aliphatic heterocycles. The van der Waals surface area contributed by atoms with Crippen molar-refractivity contribution in [3.63, 3.8) is 0 Å². The molecule has 1 heterocycles. The fourth-order valence-corrected chi connectivity index (χ4v) is 3.77. The largest absolute Gasteiger partial charge is 0.493 e. The van der Waals surface area contributed by atoms with Gasteiger partial charge in [-0.3, -0.25) is 9.36 Å². The first-order valence-corrected chi connectivity index (χ1v) is 11.5. The van der Waals surface area contributed by atoms with Crippen molar-refractivity contribution in [2.75, 3.05) is 17.7 Å². The van der Waals surface area contributed by atoms with E-state index in [-0.39, 0.29) is 11.4 Å². The molecule has 0 bridgehead atoms. The summed E-state index contributed by atoms with van der Waals surface area (Å²) in [6.07, 6.45) is -2.89. The van der Waals surface area contributed by atoms with Gasteiger partial charge < -0.3 is 10.1 Å². The molecular weight excluding hydrogens is 465 g/mol. The van der Waals surface area contributed by atoms with E-state index in [1.165, 1.54) is 18.2 Å². The van der Waals surface area contributed by atoms with E-state index in [2.05, 4.69) is 35.9 Å². The number of aromatic nitrogens is 3. The maximum atomic E-state index is 13.2. The number of carbonyl (C=O) groups excluding carboxylic acids is 1. The van der Waals surface area contributed by atoms with Gasteiger partial charge in [0.05, 0.1) is 23.6 Å². The molecule has 3 rings (SSSR count). The number of allylic oxidation sites excluding steroid dienone is 1. The van der Waals surface area contributed by atoms with Gasteiger partial charge in [-0.25, -0.2) is 0 Å². The van der Waals surface area contributed by atoms with Crippen molar-refractivity contribution < 1.29 is 22.7 Å². The second-order valence-corrected chi connectivity index (χ2v) is 8.76. The SMILES string of the molecule is C=CCn1c(SCC(=O)Nc2ccccc2C(F)(F)F)nnc1-c1ccc(OCC(C)C)cc1. The molecular formula is C24H25F3N4O2S. The summed E-state index contributed by atoms with van der Waals surface area (Å²) in [6.45, 7) is 8.91. The Hall–Kier alpha value is -3.27. The van der Waals surface area contributed by atoms with Gasteiger partial charge in [-0.05, 0) is 42.3 Å². The molecule has 0 radical (unpaired) electrons. The first-order chi connectivity index (χ1) is 16.2. The Bertz CT molecular complexity index is 1130. The predicted octanol–water partition coefficient (Wildman–Crippen LogP) is 5.92. The van der Waals surface area contributed by atoms with E-state index in [9.17, 15) is 18.0 Å². The van der Waals surface area contributed by atoms with Crippen LogP contribution in [0.25, 0.3) is 11.4 Å².